The average molecular weight is 293 g/mol. The molecule has 2 rings (SSSR count). The van der Waals surface area contributed by atoms with Crippen molar-refractivity contribution in [2.45, 2.75) is 38.3 Å². The van der Waals surface area contributed by atoms with Gasteiger partial charge >= 0.3 is 0 Å². The number of methoxy groups -OCH3 is 1. The summed E-state index contributed by atoms with van der Waals surface area (Å²) in [6.45, 7) is 5.25. The Kier molecular flexibility index (Phi) is 6.49. The fourth-order valence-electron chi connectivity index (χ4n) is 2.86. The maximum Gasteiger partial charge on any atom is 0.119 e. The normalized spacial score (nSPS) is 18.6. The maximum absolute atomic E-state index is 8.78. The molecule has 1 fully saturated rings. The number of ether oxygens (including phenoxy) is 2. The van der Waals surface area contributed by atoms with Gasteiger partial charge in [0, 0.05) is 32.3 Å². The molecule has 0 saturated carbocycles. The van der Waals surface area contributed by atoms with Gasteiger partial charge in [0.25, 0.3) is 0 Å². The standard InChI is InChI=1S/C17H27NO3/c1-14(15-5-3-6-17(13-15)20-2)18-9-7-16(8-10-18)21-12-4-11-19/h3,5-6,13-14,16,19H,4,7-12H2,1-2H3. The van der Waals surface area contributed by atoms with Crippen molar-refractivity contribution in [3.05, 3.63) is 29.8 Å². The van der Waals surface area contributed by atoms with E-state index in [1.807, 2.05) is 6.07 Å². The monoisotopic (exact) mass is 293 g/mol. The predicted molar refractivity (Wildman–Crippen MR) is 83.7 cm³/mol. The van der Waals surface area contributed by atoms with Crippen LogP contribution in [0.2, 0.25) is 0 Å². The molecular formula is C17H27NO3. The molecule has 118 valence electrons. The first kappa shape index (κ1) is 16.3. The molecule has 21 heavy (non-hydrogen) atoms. The summed E-state index contributed by atoms with van der Waals surface area (Å²) in [6.07, 6.45) is 3.23. The lowest BCUT2D eigenvalue weighted by atomic mass is 10.0. The van der Waals surface area contributed by atoms with Crippen molar-refractivity contribution in [1.29, 1.82) is 0 Å². The van der Waals surface area contributed by atoms with E-state index in [1.54, 1.807) is 7.11 Å². The van der Waals surface area contributed by atoms with Crippen molar-refractivity contribution in [2.75, 3.05) is 33.4 Å². The van der Waals surface area contributed by atoms with Crippen molar-refractivity contribution in [3.8, 4) is 5.75 Å². The van der Waals surface area contributed by atoms with Crippen LogP contribution >= 0.6 is 0 Å². The van der Waals surface area contributed by atoms with E-state index in [9.17, 15) is 0 Å². The highest BCUT2D eigenvalue weighted by Crippen LogP contribution is 2.27. The zero-order valence-corrected chi connectivity index (χ0v) is 13.1. The van der Waals surface area contributed by atoms with Gasteiger partial charge in [0.05, 0.1) is 13.2 Å². The van der Waals surface area contributed by atoms with Crippen molar-refractivity contribution in [2.24, 2.45) is 0 Å². The second-order valence-corrected chi connectivity index (χ2v) is 5.64. The summed E-state index contributed by atoms with van der Waals surface area (Å²) in [5.41, 5.74) is 1.30. The lowest BCUT2D eigenvalue weighted by molar-refractivity contribution is -0.00512. The maximum atomic E-state index is 8.78. The largest absolute Gasteiger partial charge is 0.497 e. The third-order valence-corrected chi connectivity index (χ3v) is 4.26. The molecule has 0 amide bonds. The van der Waals surface area contributed by atoms with E-state index < -0.39 is 0 Å². The van der Waals surface area contributed by atoms with E-state index in [0.29, 0.717) is 18.8 Å². The van der Waals surface area contributed by atoms with Crippen LogP contribution < -0.4 is 4.74 Å². The molecule has 4 nitrogen and oxygen atoms in total. The lowest BCUT2D eigenvalue weighted by Crippen LogP contribution is -2.38. The van der Waals surface area contributed by atoms with Crippen LogP contribution in [0.1, 0.15) is 37.8 Å². The minimum Gasteiger partial charge on any atom is -0.497 e. The van der Waals surface area contributed by atoms with Gasteiger partial charge in [-0.25, -0.2) is 0 Å². The number of rotatable bonds is 7. The van der Waals surface area contributed by atoms with Crippen molar-refractivity contribution in [3.63, 3.8) is 0 Å². The quantitative estimate of drug-likeness (QED) is 0.785. The zero-order valence-electron chi connectivity index (χ0n) is 13.1. The lowest BCUT2D eigenvalue weighted by Gasteiger charge is -2.36. The van der Waals surface area contributed by atoms with Crippen LogP contribution in [0.25, 0.3) is 0 Å². The van der Waals surface area contributed by atoms with Gasteiger partial charge in [0.15, 0.2) is 0 Å². The van der Waals surface area contributed by atoms with E-state index in [4.69, 9.17) is 14.6 Å². The van der Waals surface area contributed by atoms with Crippen LogP contribution in [0, 0.1) is 0 Å². The summed E-state index contributed by atoms with van der Waals surface area (Å²) >= 11 is 0. The molecule has 1 aromatic carbocycles. The molecule has 1 heterocycles. The zero-order chi connectivity index (χ0) is 15.1. The first-order valence-corrected chi connectivity index (χ1v) is 7.85. The van der Waals surface area contributed by atoms with Crippen LogP contribution in [0.4, 0.5) is 0 Å². The molecule has 0 aliphatic carbocycles. The molecule has 0 bridgehead atoms. The third kappa shape index (κ3) is 4.70. The van der Waals surface area contributed by atoms with Gasteiger partial charge < -0.3 is 14.6 Å². The Morgan fingerprint density at radius 2 is 2.10 bits per heavy atom. The summed E-state index contributed by atoms with van der Waals surface area (Å²) in [5.74, 6) is 0.918. The van der Waals surface area contributed by atoms with Gasteiger partial charge in [-0.15, -0.1) is 0 Å². The third-order valence-electron chi connectivity index (χ3n) is 4.26. The Hall–Kier alpha value is -1.10. The second-order valence-electron chi connectivity index (χ2n) is 5.64. The van der Waals surface area contributed by atoms with Gasteiger partial charge in [-0.05, 0) is 43.9 Å². The number of hydrogen-bond donors (Lipinski definition) is 1. The molecule has 1 saturated heterocycles. The molecule has 1 aliphatic rings. The van der Waals surface area contributed by atoms with E-state index in [1.165, 1.54) is 5.56 Å². The molecule has 1 aromatic rings. The summed E-state index contributed by atoms with van der Waals surface area (Å²) < 4.78 is 11.1. The number of aliphatic hydroxyl groups is 1. The highest BCUT2D eigenvalue weighted by atomic mass is 16.5. The van der Waals surface area contributed by atoms with E-state index in [2.05, 4.69) is 30.0 Å². The molecule has 1 unspecified atom stereocenters. The summed E-state index contributed by atoms with van der Waals surface area (Å²) in [6, 6.07) is 8.72. The Bertz CT molecular complexity index is 416. The average Bonchev–Trinajstić information content (AvgIpc) is 2.55. The molecule has 0 aromatic heterocycles. The van der Waals surface area contributed by atoms with Crippen molar-refractivity contribution >= 4 is 0 Å². The van der Waals surface area contributed by atoms with Gasteiger partial charge in [-0.3, -0.25) is 4.90 Å². The number of likely N-dealkylation sites (tertiary alicyclic amines) is 1. The Balaban J connectivity index is 1.83. The highest BCUT2D eigenvalue weighted by Gasteiger charge is 2.23. The molecule has 1 atom stereocenters. The number of piperidine rings is 1. The first-order valence-electron chi connectivity index (χ1n) is 7.85. The van der Waals surface area contributed by atoms with E-state index in [0.717, 1.165) is 38.1 Å². The van der Waals surface area contributed by atoms with Gasteiger partial charge in [-0.1, -0.05) is 12.1 Å². The van der Waals surface area contributed by atoms with E-state index >= 15 is 0 Å². The first-order chi connectivity index (χ1) is 10.2. The summed E-state index contributed by atoms with van der Waals surface area (Å²) in [7, 11) is 1.71. The van der Waals surface area contributed by atoms with Gasteiger partial charge in [-0.2, -0.15) is 0 Å². The van der Waals surface area contributed by atoms with Crippen molar-refractivity contribution < 1.29 is 14.6 Å². The molecule has 4 heteroatoms. The summed E-state index contributed by atoms with van der Waals surface area (Å²) in [4.78, 5) is 2.50. The minimum absolute atomic E-state index is 0.214. The molecular weight excluding hydrogens is 266 g/mol. The fraction of sp³-hybridized carbons (Fsp3) is 0.647. The predicted octanol–water partition coefficient (Wildman–Crippen LogP) is 2.62. The number of nitrogens with zero attached hydrogens (tertiary/aromatic N) is 1. The van der Waals surface area contributed by atoms with Gasteiger partial charge in [0.1, 0.15) is 5.75 Å². The van der Waals surface area contributed by atoms with Crippen molar-refractivity contribution in [1.82, 2.24) is 4.90 Å². The van der Waals surface area contributed by atoms with Crippen LogP contribution in [0.15, 0.2) is 24.3 Å². The molecule has 0 spiro atoms. The molecule has 0 radical (unpaired) electrons. The fourth-order valence-corrected chi connectivity index (χ4v) is 2.86. The topological polar surface area (TPSA) is 41.9 Å². The van der Waals surface area contributed by atoms with Crippen LogP contribution in [-0.4, -0.2) is 49.5 Å². The number of hydrogen-bond acceptors (Lipinski definition) is 4. The van der Waals surface area contributed by atoms with Gasteiger partial charge in [0.2, 0.25) is 0 Å². The van der Waals surface area contributed by atoms with Crippen LogP contribution in [0.5, 0.6) is 5.75 Å². The summed E-state index contributed by atoms with van der Waals surface area (Å²) in [5, 5.41) is 8.78. The SMILES string of the molecule is COc1cccc(C(C)N2CCC(OCCCO)CC2)c1. The van der Waals surface area contributed by atoms with Crippen LogP contribution in [0.3, 0.4) is 0 Å². The highest BCUT2D eigenvalue weighted by molar-refractivity contribution is 5.30. The number of benzene rings is 1. The Morgan fingerprint density at radius 1 is 1.33 bits per heavy atom. The van der Waals surface area contributed by atoms with E-state index in [-0.39, 0.29) is 6.61 Å². The molecule has 1 N–H and O–H groups in total. The number of aliphatic hydroxyl groups excluding tert-OH is 1. The second kappa shape index (κ2) is 8.37. The smallest absolute Gasteiger partial charge is 0.119 e. The molecule has 1 aliphatic heterocycles. The Morgan fingerprint density at radius 3 is 2.76 bits per heavy atom. The van der Waals surface area contributed by atoms with Crippen LogP contribution in [-0.2, 0) is 4.74 Å². The minimum atomic E-state index is 0.214. The Labute approximate surface area is 127 Å².